The number of fused-ring (bicyclic) bond motifs is 1. The predicted octanol–water partition coefficient (Wildman–Crippen LogP) is 3.56. The van der Waals surface area contributed by atoms with Crippen LogP contribution in [0.4, 0.5) is 5.69 Å². The number of nitrogens with one attached hydrogen (secondary N) is 2. The highest BCUT2D eigenvalue weighted by Crippen LogP contribution is 2.23. The topological polar surface area (TPSA) is 54.0 Å². The van der Waals surface area contributed by atoms with E-state index in [0.29, 0.717) is 11.6 Å². The van der Waals surface area contributed by atoms with Crippen molar-refractivity contribution in [2.75, 3.05) is 18.4 Å². The third-order valence-corrected chi connectivity index (χ3v) is 4.53. The first-order valence-corrected chi connectivity index (χ1v) is 8.27. The van der Waals surface area contributed by atoms with Gasteiger partial charge in [-0.05, 0) is 48.7 Å². The third kappa shape index (κ3) is 3.01. The van der Waals surface area contributed by atoms with E-state index in [0.717, 1.165) is 29.7 Å². The van der Waals surface area contributed by atoms with Gasteiger partial charge in [0, 0.05) is 17.6 Å². The minimum atomic E-state index is -0.184. The van der Waals surface area contributed by atoms with Crippen LogP contribution in [0.1, 0.15) is 28.4 Å². The summed E-state index contributed by atoms with van der Waals surface area (Å²) in [5.74, 6) is 0.396. The lowest BCUT2D eigenvalue weighted by atomic mass is 9.98. The molecule has 24 heavy (non-hydrogen) atoms. The quantitative estimate of drug-likeness (QED) is 0.776. The van der Waals surface area contributed by atoms with E-state index < -0.39 is 0 Å². The molecule has 4 rings (SSSR count). The Bertz CT molecular complexity index is 867. The summed E-state index contributed by atoms with van der Waals surface area (Å²) in [7, 11) is 0. The molecule has 2 aromatic carbocycles. The number of benzene rings is 2. The largest absolute Gasteiger partial charge is 0.321 e. The van der Waals surface area contributed by atoms with Crippen LogP contribution in [0.2, 0.25) is 0 Å². The normalized spacial score (nSPS) is 17.1. The van der Waals surface area contributed by atoms with Crippen molar-refractivity contribution < 1.29 is 4.79 Å². The number of hydrogen-bond acceptors (Lipinski definition) is 3. The Labute approximate surface area is 140 Å². The van der Waals surface area contributed by atoms with E-state index in [1.54, 1.807) is 6.07 Å². The number of amides is 1. The molecule has 1 fully saturated rings. The number of nitrogens with zero attached hydrogens (tertiary/aromatic N) is 1. The van der Waals surface area contributed by atoms with Gasteiger partial charge in [-0.25, -0.2) is 4.98 Å². The van der Waals surface area contributed by atoms with Crippen molar-refractivity contribution >= 4 is 22.5 Å². The minimum absolute atomic E-state index is 0.184. The standard InChI is InChI=1S/C20H19N3O/c24-20(19-10-7-15-3-1-2-4-18(15)23-19)22-17-8-5-14(6-9-17)16-11-12-21-13-16/h1-10,16,21H,11-13H2,(H,22,24)/t16-/m1/s1. The first-order valence-electron chi connectivity index (χ1n) is 8.27. The number of pyridine rings is 1. The lowest BCUT2D eigenvalue weighted by Gasteiger charge is -2.10. The van der Waals surface area contributed by atoms with Gasteiger partial charge in [-0.15, -0.1) is 0 Å². The molecular formula is C20H19N3O. The fourth-order valence-corrected chi connectivity index (χ4v) is 3.17. The van der Waals surface area contributed by atoms with Gasteiger partial charge in [-0.1, -0.05) is 36.4 Å². The van der Waals surface area contributed by atoms with Crippen molar-refractivity contribution in [1.29, 1.82) is 0 Å². The van der Waals surface area contributed by atoms with Gasteiger partial charge in [0.25, 0.3) is 5.91 Å². The maximum atomic E-state index is 12.4. The highest BCUT2D eigenvalue weighted by molar-refractivity contribution is 6.04. The molecule has 3 aromatic rings. The Morgan fingerprint density at radius 1 is 1.04 bits per heavy atom. The number of anilines is 1. The summed E-state index contributed by atoms with van der Waals surface area (Å²) in [6.45, 7) is 2.11. The molecule has 0 spiro atoms. The Kier molecular flexibility index (Phi) is 3.97. The van der Waals surface area contributed by atoms with Crippen LogP contribution in [-0.2, 0) is 0 Å². The summed E-state index contributed by atoms with van der Waals surface area (Å²) in [6, 6.07) is 19.6. The Morgan fingerprint density at radius 3 is 2.67 bits per heavy atom. The second-order valence-corrected chi connectivity index (χ2v) is 6.16. The average Bonchev–Trinajstić information content (AvgIpc) is 3.16. The Hall–Kier alpha value is -2.72. The molecule has 2 N–H and O–H groups in total. The van der Waals surface area contributed by atoms with Crippen LogP contribution >= 0.6 is 0 Å². The van der Waals surface area contributed by atoms with Crippen LogP contribution in [0, 0.1) is 0 Å². The van der Waals surface area contributed by atoms with Crippen molar-refractivity contribution in [3.05, 3.63) is 71.9 Å². The van der Waals surface area contributed by atoms with E-state index >= 15 is 0 Å². The van der Waals surface area contributed by atoms with E-state index in [9.17, 15) is 4.79 Å². The van der Waals surface area contributed by atoms with E-state index in [1.807, 2.05) is 42.5 Å². The molecule has 1 atom stereocenters. The maximum Gasteiger partial charge on any atom is 0.274 e. The first-order chi connectivity index (χ1) is 11.8. The van der Waals surface area contributed by atoms with Crippen molar-refractivity contribution in [3.63, 3.8) is 0 Å². The smallest absolute Gasteiger partial charge is 0.274 e. The van der Waals surface area contributed by atoms with Gasteiger partial charge in [-0.2, -0.15) is 0 Å². The van der Waals surface area contributed by atoms with Gasteiger partial charge in [0.05, 0.1) is 5.52 Å². The average molecular weight is 317 g/mol. The molecule has 0 radical (unpaired) electrons. The number of hydrogen-bond donors (Lipinski definition) is 2. The van der Waals surface area contributed by atoms with Crippen molar-refractivity contribution in [1.82, 2.24) is 10.3 Å². The van der Waals surface area contributed by atoms with Crippen molar-refractivity contribution in [2.45, 2.75) is 12.3 Å². The molecule has 4 nitrogen and oxygen atoms in total. The van der Waals surface area contributed by atoms with Crippen LogP contribution in [0.25, 0.3) is 10.9 Å². The van der Waals surface area contributed by atoms with E-state index in [2.05, 4.69) is 27.8 Å². The fraction of sp³-hybridized carbons (Fsp3) is 0.200. The zero-order chi connectivity index (χ0) is 16.4. The first kappa shape index (κ1) is 14.8. The molecule has 1 aliphatic rings. The molecule has 2 heterocycles. The second-order valence-electron chi connectivity index (χ2n) is 6.16. The lowest BCUT2D eigenvalue weighted by molar-refractivity contribution is 0.102. The zero-order valence-corrected chi connectivity index (χ0v) is 13.3. The lowest BCUT2D eigenvalue weighted by Crippen LogP contribution is -2.13. The molecule has 0 bridgehead atoms. The third-order valence-electron chi connectivity index (χ3n) is 4.53. The summed E-state index contributed by atoms with van der Waals surface area (Å²) >= 11 is 0. The molecule has 4 heteroatoms. The zero-order valence-electron chi connectivity index (χ0n) is 13.3. The Morgan fingerprint density at radius 2 is 1.88 bits per heavy atom. The van der Waals surface area contributed by atoms with Gasteiger partial charge in [0.1, 0.15) is 5.69 Å². The molecular weight excluding hydrogens is 298 g/mol. The van der Waals surface area contributed by atoms with E-state index in [-0.39, 0.29) is 5.91 Å². The van der Waals surface area contributed by atoms with Crippen LogP contribution < -0.4 is 10.6 Å². The molecule has 1 amide bonds. The summed E-state index contributed by atoms with van der Waals surface area (Å²) in [5.41, 5.74) is 3.37. The van der Waals surface area contributed by atoms with Crippen molar-refractivity contribution in [3.8, 4) is 0 Å². The van der Waals surface area contributed by atoms with Gasteiger partial charge in [-0.3, -0.25) is 4.79 Å². The number of carbonyl (C=O) groups is 1. The van der Waals surface area contributed by atoms with Gasteiger partial charge in [0.15, 0.2) is 0 Å². The molecule has 1 aliphatic heterocycles. The van der Waals surface area contributed by atoms with Gasteiger partial charge in [0.2, 0.25) is 0 Å². The minimum Gasteiger partial charge on any atom is -0.321 e. The Balaban J connectivity index is 1.50. The molecule has 0 aliphatic carbocycles. The van der Waals surface area contributed by atoms with E-state index in [4.69, 9.17) is 0 Å². The molecule has 0 unspecified atom stereocenters. The highest BCUT2D eigenvalue weighted by Gasteiger charge is 2.16. The maximum absolute atomic E-state index is 12.4. The number of rotatable bonds is 3. The number of aromatic nitrogens is 1. The second kappa shape index (κ2) is 6.42. The van der Waals surface area contributed by atoms with Gasteiger partial charge >= 0.3 is 0 Å². The summed E-state index contributed by atoms with van der Waals surface area (Å²) in [4.78, 5) is 16.8. The van der Waals surface area contributed by atoms with Crippen LogP contribution in [-0.4, -0.2) is 24.0 Å². The molecule has 1 aromatic heterocycles. The van der Waals surface area contributed by atoms with E-state index in [1.165, 1.54) is 12.0 Å². The van der Waals surface area contributed by atoms with Crippen LogP contribution in [0.5, 0.6) is 0 Å². The number of para-hydroxylation sites is 1. The fourth-order valence-electron chi connectivity index (χ4n) is 3.17. The highest BCUT2D eigenvalue weighted by atomic mass is 16.1. The number of carbonyl (C=O) groups excluding carboxylic acids is 1. The van der Waals surface area contributed by atoms with Gasteiger partial charge < -0.3 is 10.6 Å². The molecule has 1 saturated heterocycles. The van der Waals surface area contributed by atoms with Crippen LogP contribution in [0.3, 0.4) is 0 Å². The predicted molar refractivity (Wildman–Crippen MR) is 96.4 cm³/mol. The summed E-state index contributed by atoms with van der Waals surface area (Å²) < 4.78 is 0. The van der Waals surface area contributed by atoms with Crippen molar-refractivity contribution in [2.24, 2.45) is 0 Å². The van der Waals surface area contributed by atoms with Crippen LogP contribution in [0.15, 0.2) is 60.7 Å². The SMILES string of the molecule is O=C(Nc1ccc([C@@H]2CCNC2)cc1)c1ccc2ccccc2n1. The molecule has 120 valence electrons. The monoisotopic (exact) mass is 317 g/mol. The molecule has 0 saturated carbocycles. The summed E-state index contributed by atoms with van der Waals surface area (Å²) in [6.07, 6.45) is 1.17. The summed E-state index contributed by atoms with van der Waals surface area (Å²) in [5, 5.41) is 7.33.